The molecule has 0 saturated carbocycles. The van der Waals surface area contributed by atoms with Crippen LogP contribution in [0.15, 0.2) is 24.3 Å². The Morgan fingerprint density at radius 1 is 1.56 bits per heavy atom. The summed E-state index contributed by atoms with van der Waals surface area (Å²) in [7, 11) is 0. The van der Waals surface area contributed by atoms with Crippen LogP contribution >= 0.6 is 0 Å². The monoisotopic (exact) mass is 220 g/mol. The molecule has 1 atom stereocenters. The average molecular weight is 220 g/mol. The first-order valence-corrected chi connectivity index (χ1v) is 5.55. The van der Waals surface area contributed by atoms with Gasteiger partial charge in [0.25, 0.3) is 0 Å². The minimum absolute atomic E-state index is 0.0322. The molecule has 1 fully saturated rings. The van der Waals surface area contributed by atoms with Crippen LogP contribution in [0.25, 0.3) is 0 Å². The van der Waals surface area contributed by atoms with Gasteiger partial charge < -0.3 is 9.47 Å². The zero-order valence-corrected chi connectivity index (χ0v) is 9.44. The van der Waals surface area contributed by atoms with Gasteiger partial charge in [0, 0.05) is 12.5 Å². The number of ketones is 1. The molecule has 2 rings (SSSR count). The molecule has 86 valence electrons. The standard InChI is InChI=1S/C13H16O3/c1-10-3-2-4-12(7-10)16-9-13(14)11-5-6-15-8-11/h2-4,7,11H,5-6,8-9H2,1H3. The van der Waals surface area contributed by atoms with Crippen LogP contribution in [0.2, 0.25) is 0 Å². The van der Waals surface area contributed by atoms with Crippen molar-refractivity contribution in [2.45, 2.75) is 13.3 Å². The van der Waals surface area contributed by atoms with Gasteiger partial charge >= 0.3 is 0 Å². The molecular weight excluding hydrogens is 204 g/mol. The molecule has 1 saturated heterocycles. The first-order valence-electron chi connectivity index (χ1n) is 5.55. The van der Waals surface area contributed by atoms with E-state index in [1.807, 2.05) is 31.2 Å². The van der Waals surface area contributed by atoms with Crippen LogP contribution in [0, 0.1) is 12.8 Å². The number of carbonyl (C=O) groups excluding carboxylic acids is 1. The fraction of sp³-hybridized carbons (Fsp3) is 0.462. The molecule has 1 unspecified atom stereocenters. The van der Waals surface area contributed by atoms with E-state index in [-0.39, 0.29) is 18.3 Å². The molecule has 1 heterocycles. The third kappa shape index (κ3) is 2.83. The van der Waals surface area contributed by atoms with Gasteiger partial charge in [0.1, 0.15) is 12.4 Å². The number of hydrogen-bond donors (Lipinski definition) is 0. The smallest absolute Gasteiger partial charge is 0.175 e. The average Bonchev–Trinajstić information content (AvgIpc) is 2.79. The van der Waals surface area contributed by atoms with E-state index in [9.17, 15) is 4.79 Å². The van der Waals surface area contributed by atoms with E-state index in [0.29, 0.717) is 13.2 Å². The van der Waals surface area contributed by atoms with Crippen molar-refractivity contribution in [1.82, 2.24) is 0 Å². The van der Waals surface area contributed by atoms with E-state index >= 15 is 0 Å². The van der Waals surface area contributed by atoms with Crippen LogP contribution in [-0.2, 0) is 9.53 Å². The second-order valence-corrected chi connectivity index (χ2v) is 4.13. The van der Waals surface area contributed by atoms with Crippen molar-refractivity contribution in [3.63, 3.8) is 0 Å². The lowest BCUT2D eigenvalue weighted by Gasteiger charge is -2.09. The van der Waals surface area contributed by atoms with Crippen molar-refractivity contribution in [3.8, 4) is 5.75 Å². The van der Waals surface area contributed by atoms with Crippen molar-refractivity contribution in [2.24, 2.45) is 5.92 Å². The fourth-order valence-electron chi connectivity index (χ4n) is 1.77. The Bertz CT molecular complexity index is 367. The van der Waals surface area contributed by atoms with Gasteiger partial charge in [-0.1, -0.05) is 12.1 Å². The highest BCUT2D eigenvalue weighted by molar-refractivity contribution is 5.82. The number of hydrogen-bond acceptors (Lipinski definition) is 3. The third-order valence-electron chi connectivity index (χ3n) is 2.76. The Balaban J connectivity index is 1.84. The zero-order valence-electron chi connectivity index (χ0n) is 9.44. The van der Waals surface area contributed by atoms with E-state index in [4.69, 9.17) is 9.47 Å². The lowest BCUT2D eigenvalue weighted by atomic mass is 10.0. The molecule has 1 aliphatic heterocycles. The van der Waals surface area contributed by atoms with E-state index < -0.39 is 0 Å². The molecule has 3 heteroatoms. The first-order chi connectivity index (χ1) is 7.75. The summed E-state index contributed by atoms with van der Waals surface area (Å²) in [6.07, 6.45) is 0.829. The predicted molar refractivity (Wildman–Crippen MR) is 60.6 cm³/mol. The Kier molecular flexibility index (Phi) is 3.57. The van der Waals surface area contributed by atoms with Crippen molar-refractivity contribution in [1.29, 1.82) is 0 Å². The topological polar surface area (TPSA) is 35.5 Å². The Morgan fingerprint density at radius 2 is 2.44 bits per heavy atom. The Morgan fingerprint density at radius 3 is 3.12 bits per heavy atom. The molecule has 0 amide bonds. The molecular formula is C13H16O3. The van der Waals surface area contributed by atoms with Crippen molar-refractivity contribution < 1.29 is 14.3 Å². The number of Topliss-reactive ketones (excluding diaryl/α,β-unsaturated/α-hetero) is 1. The molecule has 1 aromatic carbocycles. The molecule has 1 aliphatic rings. The van der Waals surface area contributed by atoms with Crippen LogP contribution in [0.5, 0.6) is 5.75 Å². The first kappa shape index (κ1) is 11.1. The number of benzene rings is 1. The summed E-state index contributed by atoms with van der Waals surface area (Å²) >= 11 is 0. The molecule has 0 N–H and O–H groups in total. The van der Waals surface area contributed by atoms with Gasteiger partial charge in [-0.05, 0) is 31.0 Å². The van der Waals surface area contributed by atoms with Gasteiger partial charge in [-0.15, -0.1) is 0 Å². The summed E-state index contributed by atoms with van der Waals surface area (Å²) in [5, 5.41) is 0. The maximum Gasteiger partial charge on any atom is 0.175 e. The van der Waals surface area contributed by atoms with Crippen LogP contribution in [-0.4, -0.2) is 25.6 Å². The maximum absolute atomic E-state index is 11.7. The highest BCUT2D eigenvalue weighted by Gasteiger charge is 2.23. The summed E-state index contributed by atoms with van der Waals surface area (Å²) in [6.45, 7) is 3.40. The summed E-state index contributed by atoms with van der Waals surface area (Å²) in [5.41, 5.74) is 1.13. The largest absolute Gasteiger partial charge is 0.486 e. The maximum atomic E-state index is 11.7. The van der Waals surface area contributed by atoms with E-state index in [1.165, 1.54) is 0 Å². The van der Waals surface area contributed by atoms with E-state index in [2.05, 4.69) is 0 Å². The van der Waals surface area contributed by atoms with Crippen LogP contribution in [0.1, 0.15) is 12.0 Å². The third-order valence-corrected chi connectivity index (χ3v) is 2.76. The predicted octanol–water partition coefficient (Wildman–Crippen LogP) is 1.98. The van der Waals surface area contributed by atoms with Crippen molar-refractivity contribution >= 4 is 5.78 Å². The van der Waals surface area contributed by atoms with Gasteiger partial charge in [0.05, 0.1) is 6.61 Å². The highest BCUT2D eigenvalue weighted by Crippen LogP contribution is 2.16. The van der Waals surface area contributed by atoms with E-state index in [1.54, 1.807) is 0 Å². The molecule has 0 spiro atoms. The van der Waals surface area contributed by atoms with Gasteiger partial charge in [0.15, 0.2) is 5.78 Å². The molecule has 0 aromatic heterocycles. The minimum Gasteiger partial charge on any atom is -0.486 e. The Labute approximate surface area is 95.4 Å². The normalized spacial score (nSPS) is 19.7. The fourth-order valence-corrected chi connectivity index (χ4v) is 1.77. The van der Waals surface area contributed by atoms with E-state index in [0.717, 1.165) is 17.7 Å². The number of aryl methyl sites for hydroxylation is 1. The van der Waals surface area contributed by atoms with Crippen LogP contribution < -0.4 is 4.74 Å². The van der Waals surface area contributed by atoms with Crippen LogP contribution in [0.4, 0.5) is 0 Å². The number of ether oxygens (including phenoxy) is 2. The SMILES string of the molecule is Cc1cccc(OCC(=O)C2CCOC2)c1. The number of carbonyl (C=O) groups is 1. The summed E-state index contributed by atoms with van der Waals surface area (Å²) < 4.78 is 10.6. The highest BCUT2D eigenvalue weighted by atomic mass is 16.5. The molecule has 0 radical (unpaired) electrons. The quantitative estimate of drug-likeness (QED) is 0.778. The number of rotatable bonds is 4. The van der Waals surface area contributed by atoms with Gasteiger partial charge in [0.2, 0.25) is 0 Å². The second kappa shape index (κ2) is 5.12. The summed E-state index contributed by atoms with van der Waals surface area (Å²) in [5.74, 6) is 0.927. The molecule has 0 bridgehead atoms. The second-order valence-electron chi connectivity index (χ2n) is 4.13. The van der Waals surface area contributed by atoms with Gasteiger partial charge in [-0.25, -0.2) is 0 Å². The Hall–Kier alpha value is -1.35. The molecule has 3 nitrogen and oxygen atoms in total. The lowest BCUT2D eigenvalue weighted by molar-refractivity contribution is -0.124. The van der Waals surface area contributed by atoms with Crippen molar-refractivity contribution in [2.75, 3.05) is 19.8 Å². The summed E-state index contributed by atoms with van der Waals surface area (Å²) in [6, 6.07) is 7.72. The molecule has 1 aromatic rings. The van der Waals surface area contributed by atoms with Gasteiger partial charge in [-0.3, -0.25) is 4.79 Å². The molecule has 0 aliphatic carbocycles. The van der Waals surface area contributed by atoms with Gasteiger partial charge in [-0.2, -0.15) is 0 Å². The summed E-state index contributed by atoms with van der Waals surface area (Å²) in [4.78, 5) is 11.7. The molecule has 16 heavy (non-hydrogen) atoms. The minimum atomic E-state index is 0.0322. The van der Waals surface area contributed by atoms with Crippen molar-refractivity contribution in [3.05, 3.63) is 29.8 Å². The lowest BCUT2D eigenvalue weighted by Crippen LogP contribution is -2.21. The zero-order chi connectivity index (χ0) is 11.4. The van der Waals surface area contributed by atoms with Crippen LogP contribution in [0.3, 0.4) is 0 Å².